The van der Waals surface area contributed by atoms with Gasteiger partial charge in [-0.15, -0.1) is 0 Å². The van der Waals surface area contributed by atoms with Crippen molar-refractivity contribution in [3.8, 4) is 34.1 Å². The number of phenolic OH excluding ortho intramolecular Hbond substituents is 4. The highest BCUT2D eigenvalue weighted by Crippen LogP contribution is 2.52. The van der Waals surface area contributed by atoms with Crippen LogP contribution in [0.2, 0.25) is 20.1 Å². The van der Waals surface area contributed by atoms with Crippen molar-refractivity contribution in [2.24, 2.45) is 5.92 Å². The number of nitrogens with zero attached hydrogens (tertiary/aromatic N) is 7. The van der Waals surface area contributed by atoms with E-state index < -0.39 is 0 Å². The Hall–Kier alpha value is -9.71. The van der Waals surface area contributed by atoms with Crippen LogP contribution in [0.15, 0.2) is 207 Å². The summed E-state index contributed by atoms with van der Waals surface area (Å²) in [6.07, 6.45) is 24.1. The third kappa shape index (κ3) is 18.9. The Bertz CT molecular complexity index is 5770. The Morgan fingerprint density at radius 1 is 0.397 bits per heavy atom. The number of aromatic nitrogens is 1. The number of carbonyl (C=O) groups is 2. The lowest BCUT2D eigenvalue weighted by molar-refractivity contribution is -0.117. The fourth-order valence-corrected chi connectivity index (χ4v) is 23.3. The van der Waals surface area contributed by atoms with Crippen LogP contribution in [0, 0.1) is 5.92 Å². The Labute approximate surface area is 764 Å². The SMILES string of the molecule is CC(=O)N(CC1CCCC1)c1ccc2c(c1)CC[C@H]1[C@H]2c2cc(O)c(Cl)cc2CCN1C.CC(=O)N(CCCCc1ccccc1)c1ccc2c(c1)[C@@H]1c3cc(O)c(Cl)cc3CCN(C)[C@H]1CC2.CN1CCc2cc(Cl)c(O)cc2[C@H]2c3ccc(NCc4ccccc4)cc3CC[C@@H]21.CN1CCc2cc(Cl)c(O)cc2[C@H]2c3cccc(-c4ccncc4)c3CC[C@@H]21. The second-order valence-corrected chi connectivity index (χ2v) is 38.4. The van der Waals surface area contributed by atoms with Gasteiger partial charge in [-0.3, -0.25) is 14.6 Å². The molecule has 126 heavy (non-hydrogen) atoms. The Morgan fingerprint density at radius 2 is 0.817 bits per heavy atom. The van der Waals surface area contributed by atoms with E-state index in [1.165, 1.54) is 137 Å². The van der Waals surface area contributed by atoms with Gasteiger partial charge in [0, 0.05) is 137 Å². The van der Waals surface area contributed by atoms with Gasteiger partial charge in [-0.05, 0) is 352 Å². The molecule has 18 heteroatoms. The molecule has 0 bridgehead atoms. The van der Waals surface area contributed by atoms with Crippen molar-refractivity contribution < 1.29 is 30.0 Å². The molecule has 5 aliphatic carbocycles. The molecule has 4 aliphatic heterocycles. The molecule has 20 rings (SSSR count). The first kappa shape index (κ1) is 88.3. The van der Waals surface area contributed by atoms with Crippen molar-refractivity contribution >= 4 is 75.3 Å². The largest absolute Gasteiger partial charge is 0.506 e. The summed E-state index contributed by atoms with van der Waals surface area (Å²) in [5.74, 6) is 2.36. The lowest BCUT2D eigenvalue weighted by Crippen LogP contribution is -2.40. The quantitative estimate of drug-likeness (QED) is 0.0697. The van der Waals surface area contributed by atoms with E-state index in [1.807, 2.05) is 82.9 Å². The predicted octanol–water partition coefficient (Wildman–Crippen LogP) is 22.5. The van der Waals surface area contributed by atoms with Crippen LogP contribution in [-0.2, 0) is 73.9 Å². The molecule has 0 saturated heterocycles. The number of nitrogens with one attached hydrogen (secondary N) is 1. The molecule has 10 aromatic carbocycles. The molecule has 1 saturated carbocycles. The zero-order chi connectivity index (χ0) is 87.6. The van der Waals surface area contributed by atoms with Crippen LogP contribution in [0.3, 0.4) is 0 Å². The molecule has 0 spiro atoms. The summed E-state index contributed by atoms with van der Waals surface area (Å²) in [5.41, 5.74) is 28.9. The van der Waals surface area contributed by atoms with Crippen molar-refractivity contribution in [2.75, 3.05) is 82.6 Å². The third-order valence-electron chi connectivity index (χ3n) is 29.3. The maximum absolute atomic E-state index is 12.7. The fourth-order valence-electron chi connectivity index (χ4n) is 22.6. The monoisotopic (exact) mass is 1760 g/mol. The van der Waals surface area contributed by atoms with Gasteiger partial charge in [0.2, 0.25) is 11.8 Å². The van der Waals surface area contributed by atoms with E-state index in [0.717, 1.165) is 153 Å². The minimum atomic E-state index is 0.0739. The molecule has 9 aliphatic rings. The average Bonchev–Trinajstić information content (AvgIpc) is 1.38. The summed E-state index contributed by atoms with van der Waals surface area (Å²) in [7, 11) is 8.87. The van der Waals surface area contributed by atoms with E-state index in [4.69, 9.17) is 46.4 Å². The summed E-state index contributed by atoms with van der Waals surface area (Å²) >= 11 is 25.1. The summed E-state index contributed by atoms with van der Waals surface area (Å²) in [6.45, 7) is 9.69. The first-order chi connectivity index (χ1) is 61.1. The zero-order valence-electron chi connectivity index (χ0n) is 73.5. The van der Waals surface area contributed by atoms with Gasteiger partial charge in [-0.2, -0.15) is 0 Å². The van der Waals surface area contributed by atoms with Crippen molar-refractivity contribution in [3.05, 3.63) is 327 Å². The smallest absolute Gasteiger partial charge is 0.223 e. The highest BCUT2D eigenvalue weighted by atomic mass is 35.5. The maximum Gasteiger partial charge on any atom is 0.223 e. The number of likely N-dealkylation sites (N-methyl/N-ethyl adjacent to an activating group) is 4. The molecule has 5 heterocycles. The highest BCUT2D eigenvalue weighted by molar-refractivity contribution is 6.33. The summed E-state index contributed by atoms with van der Waals surface area (Å²) < 4.78 is 0. The summed E-state index contributed by atoms with van der Waals surface area (Å²) in [6, 6.07) is 68.8. The second-order valence-electron chi connectivity index (χ2n) is 36.8. The van der Waals surface area contributed by atoms with Crippen LogP contribution < -0.4 is 15.1 Å². The van der Waals surface area contributed by atoms with E-state index in [-0.39, 0.29) is 58.5 Å². The van der Waals surface area contributed by atoms with Crippen LogP contribution >= 0.6 is 46.4 Å². The number of rotatable bonds is 13. The molecule has 654 valence electrons. The van der Waals surface area contributed by atoms with E-state index >= 15 is 0 Å². The number of amides is 2. The number of aromatic hydroxyl groups is 4. The predicted molar refractivity (Wildman–Crippen MR) is 514 cm³/mol. The Morgan fingerprint density at radius 3 is 1.32 bits per heavy atom. The van der Waals surface area contributed by atoms with Crippen molar-refractivity contribution in [1.82, 2.24) is 24.6 Å². The molecule has 0 unspecified atom stereocenters. The number of aryl methyl sites for hydroxylation is 4. The van der Waals surface area contributed by atoms with Gasteiger partial charge >= 0.3 is 0 Å². The van der Waals surface area contributed by atoms with Gasteiger partial charge in [-0.1, -0.05) is 156 Å². The molecule has 5 N–H and O–H groups in total. The molecular weight excluding hydrogens is 1650 g/mol. The second kappa shape index (κ2) is 39.1. The number of unbranched alkanes of at least 4 members (excludes halogenated alkanes) is 1. The van der Waals surface area contributed by atoms with Crippen molar-refractivity contribution in [2.45, 2.75) is 190 Å². The first-order valence-corrected chi connectivity index (χ1v) is 47.2. The van der Waals surface area contributed by atoms with E-state index in [1.54, 1.807) is 13.8 Å². The van der Waals surface area contributed by atoms with Crippen LogP contribution in [0.25, 0.3) is 11.1 Å². The van der Waals surface area contributed by atoms with Gasteiger partial charge in [-0.25, -0.2) is 0 Å². The number of fused-ring (bicyclic) bond motifs is 20. The molecule has 11 aromatic rings. The molecule has 14 nitrogen and oxygen atoms in total. The van der Waals surface area contributed by atoms with Gasteiger partial charge in [0.25, 0.3) is 0 Å². The van der Waals surface area contributed by atoms with Gasteiger partial charge in [0.15, 0.2) is 0 Å². The van der Waals surface area contributed by atoms with E-state index in [2.05, 4.69) is 192 Å². The molecule has 1 aromatic heterocycles. The summed E-state index contributed by atoms with van der Waals surface area (Å²) in [5, 5.41) is 46.9. The Kier molecular flexibility index (Phi) is 27.4. The van der Waals surface area contributed by atoms with E-state index in [9.17, 15) is 30.0 Å². The van der Waals surface area contributed by atoms with Gasteiger partial charge < -0.3 is 55.1 Å². The number of pyridine rings is 1. The van der Waals surface area contributed by atoms with Crippen LogP contribution in [0.4, 0.5) is 17.1 Å². The molecule has 8 atom stereocenters. The summed E-state index contributed by atoms with van der Waals surface area (Å²) in [4.78, 5) is 43.2. The number of hydrogen-bond donors (Lipinski definition) is 5. The van der Waals surface area contributed by atoms with Crippen LogP contribution in [0.5, 0.6) is 23.0 Å². The number of anilines is 3. The lowest BCUT2D eigenvalue weighted by Gasteiger charge is -2.39. The minimum Gasteiger partial charge on any atom is -0.506 e. The normalized spacial score (nSPS) is 21.0. The minimum absolute atomic E-state index is 0.0739. The highest BCUT2D eigenvalue weighted by Gasteiger charge is 2.43. The van der Waals surface area contributed by atoms with Crippen molar-refractivity contribution in [1.29, 1.82) is 0 Å². The molecular formula is C108H118Cl4N8O6. The number of phenols is 4. The van der Waals surface area contributed by atoms with Gasteiger partial charge in [0.1, 0.15) is 23.0 Å². The van der Waals surface area contributed by atoms with Crippen LogP contribution in [0.1, 0.15) is 202 Å². The standard InChI is InChI=1S/C31H35ClN2O2.C27H33ClN2O2.C26H27ClN2O.C24H23ClN2O/c1-21(35)34(16-7-6-10-22-8-4-3-5-9-22)25-13-11-23-12-14-29-31(26(23)19-25)27-20-30(36)28(32)18-24(27)15-17-33(29)2;1-17(31)30(16-18-5-3-4-6-18)21-8-9-22-19(13-21)7-10-25-27(22)23-15-26(32)24(28)14-20(23)11-12-29(25)2;1-29-12-11-19-14-23(27)25(30)15-22(19)26-21-9-8-20(13-18(21)7-10-24(26)29)28-16-17-5-3-2-4-6-17;1-27-12-9-16-13-21(25)23(28)14-20(16)24-19-4-2-3-17(15-7-10-26-11-8-15)18(19)5-6-22(24)27/h3-5,8-9,11,13,18-20,29,31,36H,6-7,10,12,14-17H2,1-2H3;8-9,13-15,18,25,27,32H,3-7,10-12,16H2,1-2H3;2-6,8-9,13-15,24,26,28,30H,7,10-12,16H2,1H3;2-4,7-8,10-11,13-14,22,24,28H,5-6,9,12H2,1H3/t29-,31+;25-,27+;24-,26+;22-,24+/m0000/s1. The van der Waals surface area contributed by atoms with E-state index in [0.29, 0.717) is 56.7 Å². The number of benzene rings is 10. The average molecular weight is 1770 g/mol. The van der Waals surface area contributed by atoms with Gasteiger partial charge in [0.05, 0.1) is 20.1 Å². The zero-order valence-corrected chi connectivity index (χ0v) is 76.5. The number of halogens is 4. The number of hydrogen-bond acceptors (Lipinski definition) is 12. The third-order valence-corrected chi connectivity index (χ3v) is 30.5. The lowest BCUT2D eigenvalue weighted by atomic mass is 9.72. The first-order valence-electron chi connectivity index (χ1n) is 45.7. The molecule has 2 amide bonds. The van der Waals surface area contributed by atoms with Crippen molar-refractivity contribution in [3.63, 3.8) is 0 Å². The maximum atomic E-state index is 12.7. The molecule has 0 radical (unpaired) electrons. The Balaban J connectivity index is 0.000000119. The van der Waals surface area contributed by atoms with Crippen LogP contribution in [-0.4, -0.2) is 148 Å². The number of carbonyl (C=O) groups excluding carboxylic acids is 2. The fraction of sp³-hybridized carbons (Fsp3) is 0.380. The molecule has 1 fully saturated rings. The topological polar surface area (TPSA) is 159 Å².